The number of rotatable bonds is 4. The zero-order valence-corrected chi connectivity index (χ0v) is 13.3. The minimum Gasteiger partial charge on any atom is -0.375 e. The lowest BCUT2D eigenvalue weighted by molar-refractivity contribution is -0.0175. The van der Waals surface area contributed by atoms with Crippen molar-refractivity contribution in [3.05, 3.63) is 35.4 Å². The van der Waals surface area contributed by atoms with E-state index in [1.807, 2.05) is 26.0 Å². The molecular formula is C15H22N2O3S. The molecule has 1 heterocycles. The van der Waals surface area contributed by atoms with Crippen molar-refractivity contribution >= 4 is 10.2 Å². The van der Waals surface area contributed by atoms with Gasteiger partial charge in [0, 0.05) is 25.0 Å². The SMILES string of the molecule is C[C@@H]1CN(S(=O)(=O)NC[C@@H]2Cc3ccccc32)[C@@H](C)CO1. The Morgan fingerprint density at radius 1 is 1.33 bits per heavy atom. The van der Waals surface area contributed by atoms with Crippen LogP contribution in [-0.2, 0) is 21.4 Å². The molecule has 1 aliphatic heterocycles. The Labute approximate surface area is 126 Å². The summed E-state index contributed by atoms with van der Waals surface area (Å²) in [6.07, 6.45) is 0.899. The van der Waals surface area contributed by atoms with E-state index in [9.17, 15) is 8.42 Å². The molecule has 3 rings (SSSR count). The van der Waals surface area contributed by atoms with Crippen molar-refractivity contribution < 1.29 is 13.2 Å². The monoisotopic (exact) mass is 310 g/mol. The van der Waals surface area contributed by atoms with E-state index in [2.05, 4.69) is 16.9 Å². The minimum atomic E-state index is -3.44. The Balaban J connectivity index is 1.62. The van der Waals surface area contributed by atoms with Crippen molar-refractivity contribution in [2.75, 3.05) is 19.7 Å². The van der Waals surface area contributed by atoms with Crippen LogP contribution in [0.25, 0.3) is 0 Å². The van der Waals surface area contributed by atoms with E-state index in [4.69, 9.17) is 4.74 Å². The van der Waals surface area contributed by atoms with E-state index < -0.39 is 10.2 Å². The number of hydrogen-bond acceptors (Lipinski definition) is 3. The van der Waals surface area contributed by atoms with E-state index in [1.54, 1.807) is 0 Å². The normalized spacial score (nSPS) is 29.7. The highest BCUT2D eigenvalue weighted by atomic mass is 32.2. The molecule has 0 saturated carbocycles. The molecule has 1 aromatic carbocycles. The van der Waals surface area contributed by atoms with Crippen LogP contribution in [-0.4, -0.2) is 44.6 Å². The molecule has 0 aromatic heterocycles. The summed E-state index contributed by atoms with van der Waals surface area (Å²) in [5.41, 5.74) is 2.60. The molecule has 21 heavy (non-hydrogen) atoms. The van der Waals surface area contributed by atoms with Gasteiger partial charge in [-0.1, -0.05) is 24.3 Å². The van der Waals surface area contributed by atoms with E-state index in [0.717, 1.165) is 6.42 Å². The topological polar surface area (TPSA) is 58.6 Å². The van der Waals surface area contributed by atoms with Gasteiger partial charge in [0.05, 0.1) is 12.7 Å². The number of ether oxygens (including phenoxy) is 1. The van der Waals surface area contributed by atoms with Gasteiger partial charge >= 0.3 is 0 Å². The fourth-order valence-corrected chi connectivity index (χ4v) is 4.56. The maximum Gasteiger partial charge on any atom is 0.279 e. The van der Waals surface area contributed by atoms with Crippen LogP contribution in [0.1, 0.15) is 30.9 Å². The Bertz CT molecular complexity index is 617. The molecule has 2 aliphatic rings. The predicted molar refractivity (Wildman–Crippen MR) is 81.4 cm³/mol. The van der Waals surface area contributed by atoms with Crippen molar-refractivity contribution in [3.63, 3.8) is 0 Å². The molecule has 0 amide bonds. The number of hydrogen-bond donors (Lipinski definition) is 1. The second-order valence-electron chi connectivity index (χ2n) is 6.02. The number of nitrogens with one attached hydrogen (secondary N) is 1. The third-order valence-electron chi connectivity index (χ3n) is 4.33. The molecule has 3 atom stereocenters. The van der Waals surface area contributed by atoms with E-state index in [0.29, 0.717) is 25.6 Å². The highest BCUT2D eigenvalue weighted by molar-refractivity contribution is 7.87. The quantitative estimate of drug-likeness (QED) is 0.911. The van der Waals surface area contributed by atoms with Crippen LogP contribution in [0.15, 0.2) is 24.3 Å². The van der Waals surface area contributed by atoms with Gasteiger partial charge in [-0.05, 0) is 31.4 Å². The fraction of sp³-hybridized carbons (Fsp3) is 0.600. The fourth-order valence-electron chi connectivity index (χ4n) is 3.04. The van der Waals surface area contributed by atoms with Crippen LogP contribution in [0.4, 0.5) is 0 Å². The summed E-state index contributed by atoms with van der Waals surface area (Å²) in [5, 5.41) is 0. The first-order valence-corrected chi connectivity index (χ1v) is 8.87. The minimum absolute atomic E-state index is 0.0535. The summed E-state index contributed by atoms with van der Waals surface area (Å²) in [4.78, 5) is 0. The molecule has 0 unspecified atom stereocenters. The van der Waals surface area contributed by atoms with Gasteiger partial charge in [0.25, 0.3) is 10.2 Å². The van der Waals surface area contributed by atoms with Gasteiger partial charge in [0.2, 0.25) is 0 Å². The molecule has 1 aromatic rings. The van der Waals surface area contributed by atoms with Crippen LogP contribution in [0.2, 0.25) is 0 Å². The van der Waals surface area contributed by atoms with Gasteiger partial charge in [-0.25, -0.2) is 4.72 Å². The summed E-state index contributed by atoms with van der Waals surface area (Å²) >= 11 is 0. The number of nitrogens with zero attached hydrogens (tertiary/aromatic N) is 1. The first-order valence-electron chi connectivity index (χ1n) is 7.43. The smallest absolute Gasteiger partial charge is 0.279 e. The lowest BCUT2D eigenvalue weighted by Gasteiger charge is -2.36. The van der Waals surface area contributed by atoms with Crippen LogP contribution in [0, 0.1) is 0 Å². The summed E-state index contributed by atoms with van der Waals surface area (Å²) < 4.78 is 34.7. The van der Waals surface area contributed by atoms with Crippen LogP contribution < -0.4 is 4.72 Å². The summed E-state index contributed by atoms with van der Waals surface area (Å²) in [6.45, 7) is 5.12. The van der Waals surface area contributed by atoms with Gasteiger partial charge in [-0.15, -0.1) is 0 Å². The van der Waals surface area contributed by atoms with Crippen LogP contribution in [0.5, 0.6) is 0 Å². The highest BCUT2D eigenvalue weighted by Crippen LogP contribution is 2.34. The molecule has 1 N–H and O–H groups in total. The lowest BCUT2D eigenvalue weighted by atomic mass is 9.78. The summed E-state index contributed by atoms with van der Waals surface area (Å²) in [7, 11) is -3.44. The van der Waals surface area contributed by atoms with Crippen LogP contribution >= 0.6 is 0 Å². The molecular weight excluding hydrogens is 288 g/mol. The molecule has 1 saturated heterocycles. The molecule has 6 heteroatoms. The van der Waals surface area contributed by atoms with Gasteiger partial charge in [0.1, 0.15) is 0 Å². The van der Waals surface area contributed by atoms with Gasteiger partial charge in [0.15, 0.2) is 0 Å². The Morgan fingerprint density at radius 2 is 2.10 bits per heavy atom. The van der Waals surface area contributed by atoms with Gasteiger partial charge in [-0.3, -0.25) is 0 Å². The molecule has 1 aliphatic carbocycles. The van der Waals surface area contributed by atoms with Crippen molar-refractivity contribution in [3.8, 4) is 0 Å². The predicted octanol–water partition coefficient (Wildman–Crippen LogP) is 1.27. The first kappa shape index (κ1) is 15.0. The Kier molecular flexibility index (Phi) is 4.05. The third-order valence-corrected chi connectivity index (χ3v) is 5.99. The van der Waals surface area contributed by atoms with E-state index >= 15 is 0 Å². The molecule has 0 radical (unpaired) electrons. The number of morpholine rings is 1. The number of benzene rings is 1. The Hall–Kier alpha value is -0.950. The molecule has 0 bridgehead atoms. The summed E-state index contributed by atoms with van der Waals surface area (Å²) in [6, 6.07) is 8.09. The lowest BCUT2D eigenvalue weighted by Crippen LogP contribution is -2.54. The summed E-state index contributed by atoms with van der Waals surface area (Å²) in [5.74, 6) is 0.296. The molecule has 0 spiro atoms. The van der Waals surface area contributed by atoms with E-state index in [1.165, 1.54) is 15.4 Å². The van der Waals surface area contributed by atoms with Gasteiger partial charge in [-0.2, -0.15) is 12.7 Å². The van der Waals surface area contributed by atoms with Crippen molar-refractivity contribution in [1.82, 2.24) is 9.03 Å². The third kappa shape index (κ3) is 2.99. The van der Waals surface area contributed by atoms with Crippen molar-refractivity contribution in [2.24, 2.45) is 0 Å². The second-order valence-corrected chi connectivity index (χ2v) is 7.72. The molecule has 116 valence electrons. The van der Waals surface area contributed by atoms with Gasteiger partial charge < -0.3 is 4.74 Å². The second kappa shape index (κ2) is 5.68. The maximum absolute atomic E-state index is 12.5. The molecule has 1 fully saturated rings. The van der Waals surface area contributed by atoms with Crippen molar-refractivity contribution in [2.45, 2.75) is 38.3 Å². The van der Waals surface area contributed by atoms with Crippen LogP contribution in [0.3, 0.4) is 0 Å². The highest BCUT2D eigenvalue weighted by Gasteiger charge is 2.34. The average molecular weight is 310 g/mol. The number of fused-ring (bicyclic) bond motifs is 1. The van der Waals surface area contributed by atoms with E-state index in [-0.39, 0.29) is 12.1 Å². The molecule has 5 nitrogen and oxygen atoms in total. The standard InChI is InChI=1S/C15H22N2O3S/c1-11-10-20-12(2)9-17(11)21(18,19)16-8-14-7-13-5-3-4-6-15(13)14/h3-6,11-12,14,16H,7-10H2,1-2H3/t11-,12+,14-/m0/s1. The zero-order chi connectivity index (χ0) is 15.0. The van der Waals surface area contributed by atoms with Crippen molar-refractivity contribution in [1.29, 1.82) is 0 Å². The zero-order valence-electron chi connectivity index (χ0n) is 12.5. The Morgan fingerprint density at radius 3 is 2.86 bits per heavy atom. The largest absolute Gasteiger partial charge is 0.375 e. The maximum atomic E-state index is 12.5. The first-order chi connectivity index (χ1) is 9.97. The average Bonchev–Trinajstić information content (AvgIpc) is 2.42.